The van der Waals surface area contributed by atoms with Gasteiger partial charge in [-0.05, 0) is 12.8 Å². The minimum absolute atomic E-state index is 0.161. The lowest BCUT2D eigenvalue weighted by Crippen LogP contribution is -2.33. The Labute approximate surface area is 127 Å². The van der Waals surface area contributed by atoms with E-state index in [1.807, 2.05) is 4.90 Å². The van der Waals surface area contributed by atoms with Gasteiger partial charge in [-0.15, -0.1) is 0 Å². The Balaban J connectivity index is 1.64. The molecule has 1 saturated heterocycles. The van der Waals surface area contributed by atoms with Crippen LogP contribution in [-0.2, 0) is 16.1 Å². The number of aromatic amines is 1. The third kappa shape index (κ3) is 4.57. The number of carbonyl (C=O) groups is 2. The molecule has 0 radical (unpaired) electrons. The largest absolute Gasteiger partial charge is 0.356 e. The lowest BCUT2D eigenvalue weighted by atomic mass is 10.3. The maximum atomic E-state index is 11.7. The van der Waals surface area contributed by atoms with Crippen molar-refractivity contribution < 1.29 is 9.59 Å². The fraction of sp³-hybridized carbons (Fsp3) is 0.571. The van der Waals surface area contributed by atoms with E-state index in [0.717, 1.165) is 19.4 Å². The summed E-state index contributed by atoms with van der Waals surface area (Å²) >= 11 is 0. The molecule has 0 aromatic carbocycles. The summed E-state index contributed by atoms with van der Waals surface area (Å²) in [6.07, 6.45) is 3.79. The lowest BCUT2D eigenvalue weighted by molar-refractivity contribution is -0.127. The van der Waals surface area contributed by atoms with E-state index in [0.29, 0.717) is 19.5 Å². The van der Waals surface area contributed by atoms with Crippen LogP contribution in [0.15, 0.2) is 21.9 Å². The van der Waals surface area contributed by atoms with Crippen molar-refractivity contribution >= 4 is 11.8 Å². The van der Waals surface area contributed by atoms with Crippen LogP contribution in [0, 0.1) is 0 Å². The number of carbonyl (C=O) groups excluding carboxylic acids is 2. The molecule has 2 N–H and O–H groups in total. The highest BCUT2D eigenvalue weighted by molar-refractivity contribution is 5.78. The van der Waals surface area contributed by atoms with Crippen LogP contribution < -0.4 is 16.6 Å². The zero-order valence-electron chi connectivity index (χ0n) is 12.3. The molecule has 0 aliphatic carbocycles. The van der Waals surface area contributed by atoms with Crippen molar-refractivity contribution in [2.24, 2.45) is 0 Å². The molecule has 120 valence electrons. The van der Waals surface area contributed by atoms with Crippen LogP contribution in [0.25, 0.3) is 0 Å². The lowest BCUT2D eigenvalue weighted by Gasteiger charge is -2.15. The minimum Gasteiger partial charge on any atom is -0.356 e. The van der Waals surface area contributed by atoms with Gasteiger partial charge in [-0.2, -0.15) is 0 Å². The van der Waals surface area contributed by atoms with Crippen LogP contribution in [0.3, 0.4) is 0 Å². The molecule has 1 aromatic rings. The van der Waals surface area contributed by atoms with Gasteiger partial charge in [0.25, 0.3) is 5.56 Å². The van der Waals surface area contributed by atoms with Gasteiger partial charge in [0.05, 0.1) is 0 Å². The van der Waals surface area contributed by atoms with Crippen molar-refractivity contribution in [1.82, 2.24) is 19.8 Å². The van der Waals surface area contributed by atoms with Crippen LogP contribution >= 0.6 is 0 Å². The number of amides is 2. The Morgan fingerprint density at radius 1 is 1.27 bits per heavy atom. The molecule has 1 fully saturated rings. The van der Waals surface area contributed by atoms with E-state index in [4.69, 9.17) is 0 Å². The van der Waals surface area contributed by atoms with E-state index >= 15 is 0 Å². The predicted molar refractivity (Wildman–Crippen MR) is 79.4 cm³/mol. The molecule has 0 atom stereocenters. The first-order chi connectivity index (χ1) is 10.6. The Bertz CT molecular complexity index is 649. The summed E-state index contributed by atoms with van der Waals surface area (Å²) in [5, 5.41) is 2.76. The summed E-state index contributed by atoms with van der Waals surface area (Å²) in [4.78, 5) is 49.4. The molecular formula is C14H20N4O4. The summed E-state index contributed by atoms with van der Waals surface area (Å²) in [6.45, 7) is 2.19. The molecule has 2 heterocycles. The molecule has 22 heavy (non-hydrogen) atoms. The van der Waals surface area contributed by atoms with E-state index in [1.165, 1.54) is 16.8 Å². The fourth-order valence-electron chi connectivity index (χ4n) is 2.37. The predicted octanol–water partition coefficient (Wildman–Crippen LogP) is -0.945. The van der Waals surface area contributed by atoms with Crippen LogP contribution in [0.2, 0.25) is 0 Å². The number of nitrogens with zero attached hydrogens (tertiary/aromatic N) is 2. The highest BCUT2D eigenvalue weighted by atomic mass is 16.2. The summed E-state index contributed by atoms with van der Waals surface area (Å²) in [5.41, 5.74) is -0.977. The Hall–Kier alpha value is -2.38. The second-order valence-electron chi connectivity index (χ2n) is 5.24. The van der Waals surface area contributed by atoms with Gasteiger partial charge in [0, 0.05) is 51.3 Å². The molecule has 1 aliphatic heterocycles. The molecule has 1 aliphatic rings. The number of aromatic nitrogens is 2. The van der Waals surface area contributed by atoms with Crippen molar-refractivity contribution in [1.29, 1.82) is 0 Å². The first-order valence-electron chi connectivity index (χ1n) is 7.40. The fourth-order valence-corrected chi connectivity index (χ4v) is 2.37. The standard InChI is InChI=1S/C14H20N4O4/c19-11(4-9-18-10-5-12(20)16-14(18)22)15-6-2-8-17-7-1-3-13(17)21/h5,10H,1-4,6-9H2,(H,15,19)(H,16,20,22). The highest BCUT2D eigenvalue weighted by Gasteiger charge is 2.18. The summed E-state index contributed by atoms with van der Waals surface area (Å²) in [7, 11) is 0. The number of H-pyrrole nitrogens is 1. The quantitative estimate of drug-likeness (QED) is 0.634. The molecule has 2 rings (SSSR count). The van der Waals surface area contributed by atoms with Gasteiger partial charge in [-0.25, -0.2) is 4.79 Å². The minimum atomic E-state index is -0.521. The Morgan fingerprint density at radius 2 is 2.09 bits per heavy atom. The molecular weight excluding hydrogens is 288 g/mol. The molecule has 8 heteroatoms. The summed E-state index contributed by atoms with van der Waals surface area (Å²) < 4.78 is 1.28. The molecule has 8 nitrogen and oxygen atoms in total. The van der Waals surface area contributed by atoms with E-state index in [-0.39, 0.29) is 24.8 Å². The number of hydrogen-bond acceptors (Lipinski definition) is 4. The number of likely N-dealkylation sites (tertiary alicyclic amines) is 1. The number of nitrogens with one attached hydrogen (secondary N) is 2. The summed E-state index contributed by atoms with van der Waals surface area (Å²) in [6, 6.07) is 1.24. The first kappa shape index (κ1) is 16.0. The normalized spacial score (nSPS) is 14.4. The van der Waals surface area contributed by atoms with Gasteiger partial charge in [0.1, 0.15) is 0 Å². The molecule has 2 amide bonds. The molecule has 1 aromatic heterocycles. The van der Waals surface area contributed by atoms with Crippen LogP contribution in [-0.4, -0.2) is 45.9 Å². The van der Waals surface area contributed by atoms with Crippen molar-refractivity contribution in [2.75, 3.05) is 19.6 Å². The topological polar surface area (TPSA) is 104 Å². The maximum absolute atomic E-state index is 11.7. The third-order valence-electron chi connectivity index (χ3n) is 3.57. The van der Waals surface area contributed by atoms with Gasteiger partial charge < -0.3 is 14.8 Å². The van der Waals surface area contributed by atoms with Crippen LogP contribution in [0.4, 0.5) is 0 Å². The molecule has 0 unspecified atom stereocenters. The van der Waals surface area contributed by atoms with Crippen LogP contribution in [0.5, 0.6) is 0 Å². The van der Waals surface area contributed by atoms with Gasteiger partial charge in [-0.3, -0.25) is 19.4 Å². The van der Waals surface area contributed by atoms with Crippen molar-refractivity contribution in [3.05, 3.63) is 33.1 Å². The van der Waals surface area contributed by atoms with Crippen molar-refractivity contribution in [3.8, 4) is 0 Å². The highest BCUT2D eigenvalue weighted by Crippen LogP contribution is 2.09. The van der Waals surface area contributed by atoms with Gasteiger partial charge in [0.15, 0.2) is 0 Å². The second kappa shape index (κ2) is 7.58. The van der Waals surface area contributed by atoms with E-state index in [1.54, 1.807) is 0 Å². The number of hydrogen-bond donors (Lipinski definition) is 2. The zero-order chi connectivity index (χ0) is 15.9. The number of aryl methyl sites for hydroxylation is 1. The second-order valence-corrected chi connectivity index (χ2v) is 5.24. The summed E-state index contributed by atoms with van der Waals surface area (Å²) in [5.74, 6) is 0.0228. The maximum Gasteiger partial charge on any atom is 0.328 e. The average molecular weight is 308 g/mol. The van der Waals surface area contributed by atoms with Gasteiger partial charge >= 0.3 is 5.69 Å². The number of rotatable bonds is 7. The average Bonchev–Trinajstić information content (AvgIpc) is 2.88. The van der Waals surface area contributed by atoms with E-state index in [2.05, 4.69) is 10.3 Å². The molecule has 0 spiro atoms. The van der Waals surface area contributed by atoms with Gasteiger partial charge in [-0.1, -0.05) is 0 Å². The molecule has 0 bridgehead atoms. The Kier molecular flexibility index (Phi) is 5.51. The smallest absolute Gasteiger partial charge is 0.328 e. The van der Waals surface area contributed by atoms with Gasteiger partial charge in [0.2, 0.25) is 11.8 Å². The monoisotopic (exact) mass is 308 g/mol. The third-order valence-corrected chi connectivity index (χ3v) is 3.57. The van der Waals surface area contributed by atoms with Crippen molar-refractivity contribution in [3.63, 3.8) is 0 Å². The van der Waals surface area contributed by atoms with E-state index < -0.39 is 11.2 Å². The zero-order valence-corrected chi connectivity index (χ0v) is 12.3. The SMILES string of the molecule is O=C(CCn1ccc(=O)[nH]c1=O)NCCCN1CCCC1=O. The molecule has 0 saturated carbocycles. The van der Waals surface area contributed by atoms with E-state index in [9.17, 15) is 19.2 Å². The van der Waals surface area contributed by atoms with Crippen LogP contribution in [0.1, 0.15) is 25.7 Å². The van der Waals surface area contributed by atoms with Crippen molar-refractivity contribution in [2.45, 2.75) is 32.2 Å². The Morgan fingerprint density at radius 3 is 2.77 bits per heavy atom. The first-order valence-corrected chi connectivity index (χ1v) is 7.40.